The predicted molar refractivity (Wildman–Crippen MR) is 363 cm³/mol. The first-order valence-electron chi connectivity index (χ1n) is 31.4. The van der Waals surface area contributed by atoms with Gasteiger partial charge in [0.05, 0.1) is 0 Å². The third-order valence-corrected chi connectivity index (χ3v) is 14.4. The van der Waals surface area contributed by atoms with E-state index in [0.29, 0.717) is 5.92 Å². The number of aldehydes is 1. The highest BCUT2D eigenvalue weighted by Crippen LogP contribution is 2.30. The van der Waals surface area contributed by atoms with Crippen LogP contribution in [-0.2, 0) is 21.4 Å². The van der Waals surface area contributed by atoms with Crippen molar-refractivity contribution in [2.24, 2.45) is 23.5 Å². The zero-order chi connectivity index (χ0) is 62.4. The summed E-state index contributed by atoms with van der Waals surface area (Å²) in [5.74, 6) is 2.44. The maximum atomic E-state index is 10.9. The zero-order valence-electron chi connectivity index (χ0n) is 56.8. The Bertz CT molecular complexity index is 2130. The third kappa shape index (κ3) is 37.3. The lowest BCUT2D eigenvalue weighted by Crippen LogP contribution is -2.36. The molecule has 6 nitrogen and oxygen atoms in total. The molecule has 0 saturated heterocycles. The molecule has 0 radical (unpaired) electrons. The van der Waals surface area contributed by atoms with E-state index in [4.69, 9.17) is 10.5 Å². The number of carbonyl (C=O) groups excluding carboxylic acids is 2. The standard InChI is InChI=1S/C19H28N2.C16H24.C14H31N.C13H20.C8H15NO.C2H4O.C2H6/c1-7-17(9-8-15(5)20)18-10-11-21-16(6)19(18)12-14(4)13(2)3;1-5-7-15(8-6-2)16-11-9-14(10-12-16)13(3)4;1-6-10-14(11-7-2)12-15(9-4)13(5)8-3;1-6-11-8-7-10(2)12(9-11)13(3,4)5;1-4-5-6-7(2)8(10)9-3;1-2-3;1-2/h8-13H,7,20H2,1-6H3;9-12,15H,3,5-8H2,1-2,4H3;13-14H,6-12H2,1-5H3;7-9H,6H2,1-5H3;4,7H,1,5-6H2,2-3H3,(H,9,10);2H,1H3;1-2H3/b14-12+,15-8+,17-9+;;;;;;. The average Bonchev–Trinajstić information content (AvgIpc) is 3.43. The van der Waals surface area contributed by atoms with Crippen molar-refractivity contribution in [3.63, 3.8) is 0 Å². The Hall–Kier alpha value is -4.81. The Labute approximate surface area is 497 Å². The molecule has 3 N–H and O–H groups in total. The SMILES string of the molecule is C=C(C)c1ccc(C(CCC)CCC)cc1.C=CCCC(C)C(=O)NC.CC.CC/C(=C\C=C(/C)N)c1ccnc(C)c1/C=C(\C)C(C)C.CC=O.CCCC(CCC)CN(CC)C(C)CC.CCc1ccc(C)c(C(C)(C)C)c1. The van der Waals surface area contributed by atoms with E-state index >= 15 is 0 Å². The quantitative estimate of drug-likeness (QED) is 0.0501. The number of nitrogens with one attached hydrogen (secondary N) is 1. The van der Waals surface area contributed by atoms with E-state index < -0.39 is 0 Å². The molecule has 2 unspecified atom stereocenters. The lowest BCUT2D eigenvalue weighted by atomic mass is 9.83. The van der Waals surface area contributed by atoms with E-state index in [-0.39, 0.29) is 17.2 Å². The summed E-state index contributed by atoms with van der Waals surface area (Å²) in [5.41, 5.74) is 21.3. The van der Waals surface area contributed by atoms with Crippen molar-refractivity contribution in [2.45, 2.75) is 260 Å². The molecule has 2 aromatic carbocycles. The molecule has 0 saturated carbocycles. The Morgan fingerprint density at radius 3 is 1.74 bits per heavy atom. The maximum Gasteiger partial charge on any atom is 0.222 e. The third-order valence-electron chi connectivity index (χ3n) is 14.4. The van der Waals surface area contributed by atoms with E-state index in [1.165, 1.54) is 128 Å². The molecule has 1 heterocycles. The maximum absolute atomic E-state index is 10.9. The van der Waals surface area contributed by atoms with Crippen molar-refractivity contribution in [1.82, 2.24) is 15.2 Å². The molecule has 3 aromatic rings. The number of hydrogen-bond donors (Lipinski definition) is 2. The van der Waals surface area contributed by atoms with Gasteiger partial charge in [0.25, 0.3) is 0 Å². The summed E-state index contributed by atoms with van der Waals surface area (Å²) in [6.07, 6.45) is 26.6. The molecule has 0 fully saturated rings. The van der Waals surface area contributed by atoms with Crippen molar-refractivity contribution in [1.29, 1.82) is 0 Å². The first-order chi connectivity index (χ1) is 37.8. The van der Waals surface area contributed by atoms with E-state index in [1.54, 1.807) is 7.05 Å². The second-order valence-electron chi connectivity index (χ2n) is 22.7. The zero-order valence-corrected chi connectivity index (χ0v) is 56.8. The smallest absolute Gasteiger partial charge is 0.222 e. The van der Waals surface area contributed by atoms with Crippen LogP contribution >= 0.6 is 0 Å². The van der Waals surface area contributed by atoms with Crippen LogP contribution in [0, 0.1) is 31.6 Å². The predicted octanol–water partition coefficient (Wildman–Crippen LogP) is 21.3. The van der Waals surface area contributed by atoms with Crippen LogP contribution in [0.15, 0.2) is 97.4 Å². The second kappa shape index (κ2) is 50.0. The molecule has 0 spiro atoms. The molecule has 2 atom stereocenters. The fraction of sp³-hybridized carbons (Fsp3) is 0.608. The van der Waals surface area contributed by atoms with Crippen LogP contribution in [0.3, 0.4) is 0 Å². The van der Waals surface area contributed by atoms with Gasteiger partial charge in [-0.25, -0.2) is 0 Å². The van der Waals surface area contributed by atoms with Gasteiger partial charge in [0.15, 0.2) is 0 Å². The highest BCUT2D eigenvalue weighted by atomic mass is 16.1. The van der Waals surface area contributed by atoms with Crippen molar-refractivity contribution in [3.8, 4) is 0 Å². The molecule has 0 aliphatic rings. The second-order valence-corrected chi connectivity index (χ2v) is 22.7. The summed E-state index contributed by atoms with van der Waals surface area (Å²) in [4.78, 5) is 26.8. The van der Waals surface area contributed by atoms with Crippen molar-refractivity contribution >= 4 is 29.4 Å². The van der Waals surface area contributed by atoms with Gasteiger partial charge in [-0.2, -0.15) is 0 Å². The summed E-state index contributed by atoms with van der Waals surface area (Å²) in [5, 5.41) is 2.60. The Morgan fingerprint density at radius 1 is 0.800 bits per heavy atom. The number of rotatable bonds is 25. The molecule has 80 heavy (non-hydrogen) atoms. The number of allylic oxidation sites excluding steroid dienone is 7. The molecule has 0 bridgehead atoms. The molecular weight excluding hydrogens is 977 g/mol. The van der Waals surface area contributed by atoms with Crippen LogP contribution in [0.25, 0.3) is 17.2 Å². The van der Waals surface area contributed by atoms with E-state index in [9.17, 15) is 4.79 Å². The Morgan fingerprint density at radius 2 is 1.34 bits per heavy atom. The van der Waals surface area contributed by atoms with E-state index in [2.05, 4.69) is 214 Å². The van der Waals surface area contributed by atoms with Gasteiger partial charge >= 0.3 is 0 Å². The van der Waals surface area contributed by atoms with Crippen LogP contribution in [0.2, 0.25) is 0 Å². The fourth-order valence-corrected chi connectivity index (χ4v) is 9.08. The first kappa shape index (κ1) is 81.7. The molecule has 1 aromatic heterocycles. The topological polar surface area (TPSA) is 88.3 Å². The van der Waals surface area contributed by atoms with Crippen LogP contribution in [0.1, 0.15) is 273 Å². The number of pyridine rings is 1. The number of carbonyl (C=O) groups is 2. The number of nitrogens with zero attached hydrogens (tertiary/aromatic N) is 2. The summed E-state index contributed by atoms with van der Waals surface area (Å²) in [7, 11) is 1.66. The highest BCUT2D eigenvalue weighted by Gasteiger charge is 2.17. The lowest BCUT2D eigenvalue weighted by molar-refractivity contribution is -0.124. The van der Waals surface area contributed by atoms with Gasteiger partial charge in [0.2, 0.25) is 5.91 Å². The molecule has 0 aliphatic carbocycles. The van der Waals surface area contributed by atoms with Gasteiger partial charge in [-0.15, -0.1) is 6.58 Å². The van der Waals surface area contributed by atoms with Gasteiger partial charge in [-0.05, 0) is 187 Å². The number of amides is 1. The van der Waals surface area contributed by atoms with Gasteiger partial charge in [-0.1, -0.05) is 215 Å². The number of nitrogens with two attached hydrogens (primary N) is 1. The van der Waals surface area contributed by atoms with Crippen molar-refractivity contribution in [3.05, 3.63) is 142 Å². The lowest BCUT2D eigenvalue weighted by Gasteiger charge is -2.31. The molecule has 0 aliphatic heterocycles. The summed E-state index contributed by atoms with van der Waals surface area (Å²) < 4.78 is 0. The molecule has 1 amide bonds. The van der Waals surface area contributed by atoms with Crippen LogP contribution < -0.4 is 11.1 Å². The fourth-order valence-electron chi connectivity index (χ4n) is 9.08. The summed E-state index contributed by atoms with van der Waals surface area (Å²) >= 11 is 0. The van der Waals surface area contributed by atoms with Crippen LogP contribution in [-0.4, -0.2) is 48.3 Å². The monoisotopic (exact) mass is 1110 g/mol. The van der Waals surface area contributed by atoms with Gasteiger partial charge < -0.3 is 20.7 Å². The van der Waals surface area contributed by atoms with Crippen molar-refractivity contribution < 1.29 is 9.59 Å². The molecular formula is C74H128N4O2. The van der Waals surface area contributed by atoms with Gasteiger partial charge in [0, 0.05) is 48.7 Å². The highest BCUT2D eigenvalue weighted by molar-refractivity contribution is 5.78. The van der Waals surface area contributed by atoms with Crippen LogP contribution in [0.4, 0.5) is 0 Å². The Kier molecular flexibility index (Phi) is 51.0. The minimum Gasteiger partial charge on any atom is -0.402 e. The minimum atomic E-state index is 0.113. The van der Waals surface area contributed by atoms with E-state index in [1.807, 2.05) is 46.0 Å². The molecule has 6 heteroatoms. The van der Waals surface area contributed by atoms with Crippen molar-refractivity contribution in [2.75, 3.05) is 20.1 Å². The average molecular weight is 1110 g/mol. The first-order valence-corrected chi connectivity index (χ1v) is 31.4. The normalized spacial score (nSPS) is 12.1. The number of benzene rings is 2. The Balaban J connectivity index is -0.000000449. The van der Waals surface area contributed by atoms with Gasteiger partial charge in [0.1, 0.15) is 6.29 Å². The molecule has 3 rings (SSSR count). The number of hydrogen-bond acceptors (Lipinski definition) is 5. The minimum absolute atomic E-state index is 0.113. The number of aryl methyl sites for hydroxylation is 3. The van der Waals surface area contributed by atoms with E-state index in [0.717, 1.165) is 66.8 Å². The van der Waals surface area contributed by atoms with Gasteiger partial charge in [-0.3, -0.25) is 9.78 Å². The summed E-state index contributed by atoms with van der Waals surface area (Å²) in [6, 6.07) is 18.6. The largest absolute Gasteiger partial charge is 0.402 e. The van der Waals surface area contributed by atoms with Crippen LogP contribution in [0.5, 0.6) is 0 Å². The molecule has 456 valence electrons. The summed E-state index contributed by atoms with van der Waals surface area (Å²) in [6.45, 7) is 59.6. The number of aromatic nitrogens is 1.